The lowest BCUT2D eigenvalue weighted by Crippen LogP contribution is -2.36. The Kier molecular flexibility index (Phi) is 7.99. The number of carbonyl (C=O) groups is 2. The third-order valence-corrected chi connectivity index (χ3v) is 4.34. The van der Waals surface area contributed by atoms with Crippen molar-refractivity contribution < 1.29 is 19.1 Å². The standard InChI is InChI=1S/C24H25N3O4/c1-2-30-21-11-9-19(10-12-21)24(29)27-16-23(28)26-15-18-6-5-8-22(14-18)31-17-20-7-3-4-13-25-20/h3-14H,2,15-17H2,1H3,(H,26,28)(H,27,29). The molecule has 2 amide bonds. The third-order valence-electron chi connectivity index (χ3n) is 4.34. The van der Waals surface area contributed by atoms with Crippen molar-refractivity contribution in [1.29, 1.82) is 0 Å². The molecule has 0 aliphatic rings. The van der Waals surface area contributed by atoms with Crippen LogP contribution in [0.4, 0.5) is 0 Å². The number of benzene rings is 2. The van der Waals surface area contributed by atoms with E-state index in [4.69, 9.17) is 9.47 Å². The molecule has 7 nitrogen and oxygen atoms in total. The van der Waals surface area contributed by atoms with Crippen LogP contribution in [0.25, 0.3) is 0 Å². The summed E-state index contributed by atoms with van der Waals surface area (Å²) >= 11 is 0. The molecule has 0 unspecified atom stereocenters. The molecule has 0 bridgehead atoms. The Hall–Kier alpha value is -3.87. The van der Waals surface area contributed by atoms with E-state index in [1.165, 1.54) is 0 Å². The minimum atomic E-state index is -0.317. The first-order valence-electron chi connectivity index (χ1n) is 10.0. The summed E-state index contributed by atoms with van der Waals surface area (Å²) in [4.78, 5) is 28.5. The van der Waals surface area contributed by atoms with Gasteiger partial charge in [0.15, 0.2) is 0 Å². The average Bonchev–Trinajstić information content (AvgIpc) is 2.81. The van der Waals surface area contributed by atoms with Crippen LogP contribution in [0.1, 0.15) is 28.5 Å². The van der Waals surface area contributed by atoms with Gasteiger partial charge >= 0.3 is 0 Å². The largest absolute Gasteiger partial charge is 0.494 e. The van der Waals surface area contributed by atoms with Crippen molar-refractivity contribution in [2.75, 3.05) is 13.2 Å². The van der Waals surface area contributed by atoms with Crippen molar-refractivity contribution >= 4 is 11.8 Å². The molecular weight excluding hydrogens is 394 g/mol. The zero-order chi connectivity index (χ0) is 21.9. The molecule has 3 rings (SSSR count). The Morgan fingerprint density at radius 3 is 2.48 bits per heavy atom. The van der Waals surface area contributed by atoms with E-state index in [0.29, 0.717) is 36.8 Å². The lowest BCUT2D eigenvalue weighted by molar-refractivity contribution is -0.120. The quantitative estimate of drug-likeness (QED) is 0.527. The molecule has 0 aliphatic heterocycles. The van der Waals surface area contributed by atoms with E-state index in [9.17, 15) is 9.59 Å². The fourth-order valence-electron chi connectivity index (χ4n) is 2.78. The molecule has 3 aromatic rings. The monoisotopic (exact) mass is 419 g/mol. The Morgan fingerprint density at radius 2 is 1.74 bits per heavy atom. The zero-order valence-corrected chi connectivity index (χ0v) is 17.3. The van der Waals surface area contributed by atoms with Gasteiger partial charge in [-0.3, -0.25) is 14.6 Å². The molecule has 0 atom stereocenters. The molecule has 160 valence electrons. The van der Waals surface area contributed by atoms with Crippen molar-refractivity contribution in [3.05, 3.63) is 89.7 Å². The zero-order valence-electron chi connectivity index (χ0n) is 17.3. The first-order valence-corrected chi connectivity index (χ1v) is 10.0. The van der Waals surface area contributed by atoms with E-state index in [-0.39, 0.29) is 18.4 Å². The van der Waals surface area contributed by atoms with Crippen molar-refractivity contribution in [3.63, 3.8) is 0 Å². The summed E-state index contributed by atoms with van der Waals surface area (Å²) in [6.07, 6.45) is 1.72. The normalized spacial score (nSPS) is 10.2. The summed E-state index contributed by atoms with van der Waals surface area (Å²) in [5.74, 6) is 0.798. The molecule has 31 heavy (non-hydrogen) atoms. The van der Waals surface area contributed by atoms with Gasteiger partial charge in [-0.25, -0.2) is 0 Å². The van der Waals surface area contributed by atoms with Gasteiger partial charge in [-0.15, -0.1) is 0 Å². The maximum absolute atomic E-state index is 12.2. The number of hydrogen-bond acceptors (Lipinski definition) is 5. The molecule has 1 heterocycles. The molecule has 0 saturated carbocycles. The van der Waals surface area contributed by atoms with Crippen LogP contribution in [0.15, 0.2) is 72.9 Å². The van der Waals surface area contributed by atoms with Crippen molar-refractivity contribution in [2.24, 2.45) is 0 Å². The van der Waals surface area contributed by atoms with Crippen molar-refractivity contribution in [1.82, 2.24) is 15.6 Å². The Morgan fingerprint density at radius 1 is 0.903 bits per heavy atom. The van der Waals surface area contributed by atoms with Gasteiger partial charge in [-0.1, -0.05) is 18.2 Å². The number of nitrogens with zero attached hydrogens (tertiary/aromatic N) is 1. The second-order valence-corrected chi connectivity index (χ2v) is 6.67. The van der Waals surface area contributed by atoms with Gasteiger partial charge in [0, 0.05) is 18.3 Å². The van der Waals surface area contributed by atoms with E-state index in [2.05, 4.69) is 15.6 Å². The van der Waals surface area contributed by atoms with Gasteiger partial charge in [0.25, 0.3) is 5.91 Å². The molecule has 2 N–H and O–H groups in total. The highest BCUT2D eigenvalue weighted by atomic mass is 16.5. The summed E-state index contributed by atoms with van der Waals surface area (Å²) in [5.41, 5.74) is 2.20. The number of amides is 2. The summed E-state index contributed by atoms with van der Waals surface area (Å²) in [7, 11) is 0. The lowest BCUT2D eigenvalue weighted by Gasteiger charge is -2.10. The second-order valence-electron chi connectivity index (χ2n) is 6.67. The number of ether oxygens (including phenoxy) is 2. The Balaban J connectivity index is 1.42. The highest BCUT2D eigenvalue weighted by molar-refractivity contribution is 5.96. The van der Waals surface area contributed by atoms with E-state index in [1.54, 1.807) is 30.5 Å². The molecule has 2 aromatic carbocycles. The van der Waals surface area contributed by atoms with E-state index >= 15 is 0 Å². The van der Waals surface area contributed by atoms with Gasteiger partial charge < -0.3 is 20.1 Å². The highest BCUT2D eigenvalue weighted by Gasteiger charge is 2.08. The Labute approximate surface area is 181 Å². The summed E-state index contributed by atoms with van der Waals surface area (Å²) in [6, 6.07) is 19.9. The van der Waals surface area contributed by atoms with Crippen LogP contribution in [0.2, 0.25) is 0 Å². The number of aromatic nitrogens is 1. The maximum Gasteiger partial charge on any atom is 0.251 e. The highest BCUT2D eigenvalue weighted by Crippen LogP contribution is 2.15. The van der Waals surface area contributed by atoms with E-state index in [1.807, 2.05) is 49.4 Å². The van der Waals surface area contributed by atoms with Gasteiger partial charge in [-0.05, 0) is 61.0 Å². The van der Waals surface area contributed by atoms with Crippen LogP contribution >= 0.6 is 0 Å². The molecule has 0 radical (unpaired) electrons. The molecular formula is C24H25N3O4. The number of nitrogens with one attached hydrogen (secondary N) is 2. The second kappa shape index (κ2) is 11.3. The van der Waals surface area contributed by atoms with E-state index < -0.39 is 0 Å². The minimum absolute atomic E-state index is 0.109. The molecule has 1 aromatic heterocycles. The number of hydrogen-bond donors (Lipinski definition) is 2. The molecule has 7 heteroatoms. The maximum atomic E-state index is 12.2. The van der Waals surface area contributed by atoms with Gasteiger partial charge in [-0.2, -0.15) is 0 Å². The molecule has 0 spiro atoms. The lowest BCUT2D eigenvalue weighted by atomic mass is 10.2. The summed E-state index contributed by atoms with van der Waals surface area (Å²) < 4.78 is 11.1. The fourth-order valence-corrected chi connectivity index (χ4v) is 2.78. The SMILES string of the molecule is CCOc1ccc(C(=O)NCC(=O)NCc2cccc(OCc3ccccn3)c2)cc1. The summed E-state index contributed by atoms with van der Waals surface area (Å²) in [6.45, 7) is 3.05. The van der Waals surface area contributed by atoms with Crippen molar-refractivity contribution in [3.8, 4) is 11.5 Å². The molecule has 0 saturated heterocycles. The first-order chi connectivity index (χ1) is 15.1. The van der Waals surface area contributed by atoms with Gasteiger partial charge in [0.2, 0.25) is 5.91 Å². The third kappa shape index (κ3) is 7.15. The smallest absolute Gasteiger partial charge is 0.251 e. The van der Waals surface area contributed by atoms with E-state index in [0.717, 1.165) is 11.3 Å². The minimum Gasteiger partial charge on any atom is -0.494 e. The number of rotatable bonds is 10. The predicted octanol–water partition coefficient (Wildman–Crippen LogP) is 3.11. The molecule has 0 aliphatic carbocycles. The molecule has 0 fully saturated rings. The average molecular weight is 419 g/mol. The van der Waals surface area contributed by atoms with Crippen LogP contribution in [0.3, 0.4) is 0 Å². The first kappa shape index (κ1) is 21.8. The number of carbonyl (C=O) groups excluding carboxylic acids is 2. The Bertz CT molecular complexity index is 991. The van der Waals surface area contributed by atoms with Crippen LogP contribution < -0.4 is 20.1 Å². The van der Waals surface area contributed by atoms with Gasteiger partial charge in [0.05, 0.1) is 18.8 Å². The van der Waals surface area contributed by atoms with Gasteiger partial charge in [0.1, 0.15) is 18.1 Å². The van der Waals surface area contributed by atoms with Crippen LogP contribution in [-0.4, -0.2) is 29.9 Å². The number of pyridine rings is 1. The topological polar surface area (TPSA) is 89.5 Å². The van der Waals surface area contributed by atoms with Crippen LogP contribution in [0, 0.1) is 0 Å². The summed E-state index contributed by atoms with van der Waals surface area (Å²) in [5, 5.41) is 5.40. The predicted molar refractivity (Wildman–Crippen MR) is 117 cm³/mol. The van der Waals surface area contributed by atoms with Crippen LogP contribution in [0.5, 0.6) is 11.5 Å². The van der Waals surface area contributed by atoms with Crippen LogP contribution in [-0.2, 0) is 17.9 Å². The van der Waals surface area contributed by atoms with Crippen molar-refractivity contribution in [2.45, 2.75) is 20.1 Å². The fraction of sp³-hybridized carbons (Fsp3) is 0.208.